The first-order valence-electron chi connectivity index (χ1n) is 7.95. The number of carbonyl (C=O) groups excluding carboxylic acids is 1. The fourth-order valence-electron chi connectivity index (χ4n) is 1.66. The second-order valence-corrected chi connectivity index (χ2v) is 4.74. The van der Waals surface area contributed by atoms with Gasteiger partial charge in [-0.25, -0.2) is 4.79 Å². The molecule has 134 valence electrons. The van der Waals surface area contributed by atoms with Crippen molar-refractivity contribution in [3.05, 3.63) is 42.0 Å². The standard InChI is InChI=1S/C18H26O6/c1-20-9-10-21-11-12-22-13-14-23-15-16-24-18(19)8-7-17-5-3-2-4-6-17/h2-8H,9-16H2,1H3. The Morgan fingerprint density at radius 2 is 1.38 bits per heavy atom. The summed E-state index contributed by atoms with van der Waals surface area (Å²) in [5.41, 5.74) is 0.953. The predicted molar refractivity (Wildman–Crippen MR) is 90.8 cm³/mol. The molecule has 1 rings (SSSR count). The molecule has 6 nitrogen and oxygen atoms in total. The van der Waals surface area contributed by atoms with E-state index in [-0.39, 0.29) is 12.6 Å². The minimum Gasteiger partial charge on any atom is -0.460 e. The van der Waals surface area contributed by atoms with Crippen molar-refractivity contribution < 1.29 is 28.5 Å². The third kappa shape index (κ3) is 11.8. The molecule has 0 aromatic heterocycles. The monoisotopic (exact) mass is 338 g/mol. The van der Waals surface area contributed by atoms with Crippen LogP contribution in [0.3, 0.4) is 0 Å². The van der Waals surface area contributed by atoms with Gasteiger partial charge in [-0.05, 0) is 11.6 Å². The van der Waals surface area contributed by atoms with Crippen LogP contribution in [0.2, 0.25) is 0 Å². The van der Waals surface area contributed by atoms with Crippen molar-refractivity contribution >= 4 is 12.0 Å². The van der Waals surface area contributed by atoms with Crippen molar-refractivity contribution in [2.45, 2.75) is 0 Å². The van der Waals surface area contributed by atoms with E-state index in [1.807, 2.05) is 30.3 Å². The highest BCUT2D eigenvalue weighted by Crippen LogP contribution is 2.00. The molecule has 0 unspecified atom stereocenters. The summed E-state index contributed by atoms with van der Waals surface area (Å²) in [5.74, 6) is -0.382. The summed E-state index contributed by atoms with van der Waals surface area (Å²) in [6.07, 6.45) is 3.12. The molecule has 1 aromatic rings. The molecule has 0 fully saturated rings. The smallest absolute Gasteiger partial charge is 0.330 e. The molecule has 0 aliphatic rings. The first kappa shape index (κ1) is 20.3. The van der Waals surface area contributed by atoms with Crippen LogP contribution in [-0.2, 0) is 28.5 Å². The van der Waals surface area contributed by atoms with Gasteiger partial charge in [0.25, 0.3) is 0 Å². The average Bonchev–Trinajstić information content (AvgIpc) is 2.62. The first-order valence-corrected chi connectivity index (χ1v) is 7.95. The van der Waals surface area contributed by atoms with Crippen molar-refractivity contribution in [3.8, 4) is 0 Å². The SMILES string of the molecule is COCCOCCOCCOCCOC(=O)C=Cc1ccccc1. The number of esters is 1. The highest BCUT2D eigenvalue weighted by atomic mass is 16.6. The van der Waals surface area contributed by atoms with Crippen molar-refractivity contribution in [2.24, 2.45) is 0 Å². The van der Waals surface area contributed by atoms with Crippen LogP contribution in [0.15, 0.2) is 36.4 Å². The zero-order valence-corrected chi connectivity index (χ0v) is 14.1. The van der Waals surface area contributed by atoms with Gasteiger partial charge < -0.3 is 23.7 Å². The predicted octanol–water partition coefficient (Wildman–Crippen LogP) is 1.94. The zero-order chi connectivity index (χ0) is 17.3. The molecule has 0 saturated carbocycles. The third-order valence-corrected chi connectivity index (χ3v) is 2.86. The van der Waals surface area contributed by atoms with Gasteiger partial charge in [-0.15, -0.1) is 0 Å². The molecule has 0 bridgehead atoms. The Morgan fingerprint density at radius 1 is 0.833 bits per heavy atom. The molecule has 6 heteroatoms. The third-order valence-electron chi connectivity index (χ3n) is 2.86. The molecule has 0 N–H and O–H groups in total. The van der Waals surface area contributed by atoms with Crippen LogP contribution in [0.25, 0.3) is 6.08 Å². The van der Waals surface area contributed by atoms with E-state index in [2.05, 4.69) is 0 Å². The molecule has 24 heavy (non-hydrogen) atoms. The highest BCUT2D eigenvalue weighted by Gasteiger charge is 1.97. The van der Waals surface area contributed by atoms with Gasteiger partial charge in [0.2, 0.25) is 0 Å². The lowest BCUT2D eigenvalue weighted by Crippen LogP contribution is -2.13. The van der Waals surface area contributed by atoms with Crippen LogP contribution in [0.1, 0.15) is 5.56 Å². The molecule has 0 amide bonds. The van der Waals surface area contributed by atoms with Gasteiger partial charge in [-0.3, -0.25) is 0 Å². The summed E-state index contributed by atoms with van der Waals surface area (Å²) in [4.78, 5) is 11.5. The van der Waals surface area contributed by atoms with Crippen molar-refractivity contribution in [2.75, 3.05) is 60.0 Å². The van der Waals surface area contributed by atoms with Gasteiger partial charge in [-0.1, -0.05) is 30.3 Å². The molecular formula is C18H26O6. The zero-order valence-electron chi connectivity index (χ0n) is 14.1. The maximum absolute atomic E-state index is 11.5. The molecule has 0 aliphatic heterocycles. The van der Waals surface area contributed by atoms with E-state index in [0.29, 0.717) is 46.2 Å². The summed E-state index contributed by atoms with van der Waals surface area (Å²) >= 11 is 0. The maximum Gasteiger partial charge on any atom is 0.330 e. The number of ether oxygens (including phenoxy) is 5. The first-order chi connectivity index (χ1) is 11.8. The Balaban J connectivity index is 1.88. The van der Waals surface area contributed by atoms with Gasteiger partial charge in [0, 0.05) is 13.2 Å². The van der Waals surface area contributed by atoms with E-state index in [1.54, 1.807) is 13.2 Å². The Bertz CT molecular complexity index is 446. The lowest BCUT2D eigenvalue weighted by atomic mass is 10.2. The fraction of sp³-hybridized carbons (Fsp3) is 0.500. The van der Waals surface area contributed by atoms with Crippen molar-refractivity contribution in [1.29, 1.82) is 0 Å². The molecule has 0 saturated heterocycles. The van der Waals surface area contributed by atoms with Gasteiger partial charge in [0.1, 0.15) is 6.61 Å². The summed E-state index contributed by atoms with van der Waals surface area (Å²) in [6.45, 7) is 3.71. The fourth-order valence-corrected chi connectivity index (χ4v) is 1.66. The molecule has 0 spiro atoms. The Labute approximate surface area is 143 Å². The quantitative estimate of drug-likeness (QED) is 0.293. The molecule has 0 atom stereocenters. The van der Waals surface area contributed by atoms with E-state index >= 15 is 0 Å². The van der Waals surface area contributed by atoms with Crippen LogP contribution in [0.5, 0.6) is 0 Å². The topological polar surface area (TPSA) is 63.2 Å². The maximum atomic E-state index is 11.5. The van der Waals surface area contributed by atoms with E-state index in [1.165, 1.54) is 6.08 Å². The number of methoxy groups -OCH3 is 1. The van der Waals surface area contributed by atoms with E-state index in [9.17, 15) is 4.79 Å². The average molecular weight is 338 g/mol. The van der Waals surface area contributed by atoms with Crippen LogP contribution in [-0.4, -0.2) is 65.9 Å². The van der Waals surface area contributed by atoms with Crippen molar-refractivity contribution in [3.63, 3.8) is 0 Å². The summed E-state index contributed by atoms with van der Waals surface area (Å²) in [6, 6.07) is 9.57. The van der Waals surface area contributed by atoms with Crippen LogP contribution >= 0.6 is 0 Å². The number of hydrogen-bond donors (Lipinski definition) is 0. The van der Waals surface area contributed by atoms with Crippen LogP contribution < -0.4 is 0 Å². The lowest BCUT2D eigenvalue weighted by molar-refractivity contribution is -0.139. The lowest BCUT2D eigenvalue weighted by Gasteiger charge is -2.06. The number of carbonyl (C=O) groups is 1. The minimum atomic E-state index is -0.382. The van der Waals surface area contributed by atoms with Crippen molar-refractivity contribution in [1.82, 2.24) is 0 Å². The molecule has 0 radical (unpaired) electrons. The van der Waals surface area contributed by atoms with Crippen LogP contribution in [0, 0.1) is 0 Å². The largest absolute Gasteiger partial charge is 0.460 e. The normalized spacial score (nSPS) is 11.0. The highest BCUT2D eigenvalue weighted by molar-refractivity contribution is 5.86. The van der Waals surface area contributed by atoms with Gasteiger partial charge >= 0.3 is 5.97 Å². The number of hydrogen-bond acceptors (Lipinski definition) is 6. The van der Waals surface area contributed by atoms with Gasteiger partial charge in [0.15, 0.2) is 0 Å². The summed E-state index contributed by atoms with van der Waals surface area (Å²) < 4.78 is 25.7. The molecule has 1 aromatic carbocycles. The molecule has 0 heterocycles. The van der Waals surface area contributed by atoms with E-state index < -0.39 is 0 Å². The Morgan fingerprint density at radius 3 is 1.96 bits per heavy atom. The Hall–Kier alpha value is -1.73. The van der Waals surface area contributed by atoms with Crippen LogP contribution in [0.4, 0.5) is 0 Å². The minimum absolute atomic E-state index is 0.220. The van der Waals surface area contributed by atoms with E-state index in [4.69, 9.17) is 23.7 Å². The summed E-state index contributed by atoms with van der Waals surface area (Å²) in [5, 5.41) is 0. The Kier molecular flexibility index (Phi) is 12.6. The number of rotatable bonds is 14. The van der Waals surface area contributed by atoms with Gasteiger partial charge in [0.05, 0.1) is 46.2 Å². The van der Waals surface area contributed by atoms with E-state index in [0.717, 1.165) is 5.56 Å². The number of benzene rings is 1. The second-order valence-electron chi connectivity index (χ2n) is 4.74. The molecular weight excluding hydrogens is 312 g/mol. The second kappa shape index (κ2) is 14.8. The summed E-state index contributed by atoms with van der Waals surface area (Å²) in [7, 11) is 1.63. The molecule has 0 aliphatic carbocycles. The van der Waals surface area contributed by atoms with Gasteiger partial charge in [-0.2, -0.15) is 0 Å².